The summed E-state index contributed by atoms with van der Waals surface area (Å²) in [6, 6.07) is 21.1. The zero-order valence-corrected chi connectivity index (χ0v) is 15.5. The molecule has 2 aliphatic rings. The van der Waals surface area contributed by atoms with E-state index in [0.29, 0.717) is 12.0 Å². The second-order valence-electron chi connectivity index (χ2n) is 7.93. The molecule has 1 aliphatic carbocycles. The Morgan fingerprint density at radius 1 is 1.04 bits per heavy atom. The molecule has 4 atom stereocenters. The fourth-order valence-electron chi connectivity index (χ4n) is 4.71. The molecule has 1 aliphatic heterocycles. The predicted molar refractivity (Wildman–Crippen MR) is 105 cm³/mol. The van der Waals surface area contributed by atoms with Crippen molar-refractivity contribution in [3.8, 4) is 0 Å². The summed E-state index contributed by atoms with van der Waals surface area (Å²) >= 11 is 0. The standard InChI is InChI=1S/C23H28N2O/c1-17(19-10-6-3-7-11-19)23(26)24-22-13-12-20-15-25(16-21(20)22)14-18-8-4-2-5-9-18/h2-11,17,20-22H,12-16H2,1H3,(H,24,26)/t17-,20-,21+,22+/m1/s1. The first-order valence-corrected chi connectivity index (χ1v) is 9.82. The van der Waals surface area contributed by atoms with Crippen molar-refractivity contribution >= 4 is 5.91 Å². The highest BCUT2D eigenvalue weighted by atomic mass is 16.1. The minimum Gasteiger partial charge on any atom is -0.353 e. The molecule has 3 heteroatoms. The van der Waals surface area contributed by atoms with Crippen LogP contribution < -0.4 is 5.32 Å². The summed E-state index contributed by atoms with van der Waals surface area (Å²) in [6.45, 7) is 5.30. The maximum absolute atomic E-state index is 12.7. The van der Waals surface area contributed by atoms with Gasteiger partial charge in [0.05, 0.1) is 5.92 Å². The van der Waals surface area contributed by atoms with E-state index in [-0.39, 0.29) is 11.8 Å². The van der Waals surface area contributed by atoms with Gasteiger partial charge in [0.1, 0.15) is 0 Å². The van der Waals surface area contributed by atoms with Gasteiger partial charge in [0.25, 0.3) is 0 Å². The molecule has 0 bridgehead atoms. The molecule has 1 amide bonds. The van der Waals surface area contributed by atoms with E-state index in [0.717, 1.165) is 31.0 Å². The number of fused-ring (bicyclic) bond motifs is 1. The van der Waals surface area contributed by atoms with Crippen LogP contribution in [0.15, 0.2) is 60.7 Å². The van der Waals surface area contributed by atoms with Crippen molar-refractivity contribution in [2.45, 2.75) is 38.3 Å². The van der Waals surface area contributed by atoms with Gasteiger partial charge in [-0.1, -0.05) is 60.7 Å². The van der Waals surface area contributed by atoms with Gasteiger partial charge >= 0.3 is 0 Å². The number of carbonyl (C=O) groups excluding carboxylic acids is 1. The Labute approximate surface area is 156 Å². The monoisotopic (exact) mass is 348 g/mol. The number of amides is 1. The molecule has 2 aromatic carbocycles. The summed E-state index contributed by atoms with van der Waals surface area (Å²) in [7, 11) is 0. The molecular formula is C23H28N2O. The number of nitrogens with zero attached hydrogens (tertiary/aromatic N) is 1. The van der Waals surface area contributed by atoms with Gasteiger partial charge in [-0.2, -0.15) is 0 Å². The molecule has 0 aromatic heterocycles. The summed E-state index contributed by atoms with van der Waals surface area (Å²) < 4.78 is 0. The summed E-state index contributed by atoms with van der Waals surface area (Å²) in [6.07, 6.45) is 2.36. The van der Waals surface area contributed by atoms with Crippen LogP contribution in [-0.2, 0) is 11.3 Å². The Morgan fingerprint density at radius 2 is 1.73 bits per heavy atom. The van der Waals surface area contributed by atoms with E-state index >= 15 is 0 Å². The summed E-state index contributed by atoms with van der Waals surface area (Å²) in [5.74, 6) is 1.42. The van der Waals surface area contributed by atoms with E-state index in [4.69, 9.17) is 0 Å². The number of benzene rings is 2. The topological polar surface area (TPSA) is 32.3 Å². The maximum atomic E-state index is 12.7. The van der Waals surface area contributed by atoms with Crippen LogP contribution in [0.5, 0.6) is 0 Å². The summed E-state index contributed by atoms with van der Waals surface area (Å²) in [5, 5.41) is 3.37. The van der Waals surface area contributed by atoms with Crippen LogP contribution in [0.4, 0.5) is 0 Å². The highest BCUT2D eigenvalue weighted by Crippen LogP contribution is 2.39. The molecule has 0 spiro atoms. The van der Waals surface area contributed by atoms with Crippen molar-refractivity contribution in [3.05, 3.63) is 71.8 Å². The van der Waals surface area contributed by atoms with Crippen molar-refractivity contribution < 1.29 is 4.79 Å². The van der Waals surface area contributed by atoms with Gasteiger partial charge in [-0.3, -0.25) is 9.69 Å². The lowest BCUT2D eigenvalue weighted by atomic mass is 9.96. The third kappa shape index (κ3) is 3.68. The lowest BCUT2D eigenvalue weighted by Gasteiger charge is -2.23. The molecule has 0 radical (unpaired) electrons. The van der Waals surface area contributed by atoms with Crippen LogP contribution in [0.2, 0.25) is 0 Å². The van der Waals surface area contributed by atoms with Gasteiger partial charge < -0.3 is 5.32 Å². The van der Waals surface area contributed by atoms with E-state index < -0.39 is 0 Å². The number of carbonyl (C=O) groups is 1. The normalized spacial score (nSPS) is 26.4. The number of hydrogen-bond donors (Lipinski definition) is 1. The van der Waals surface area contributed by atoms with E-state index in [1.807, 2.05) is 37.3 Å². The van der Waals surface area contributed by atoms with Gasteiger partial charge in [-0.05, 0) is 42.7 Å². The second-order valence-corrected chi connectivity index (χ2v) is 7.93. The smallest absolute Gasteiger partial charge is 0.227 e. The molecule has 4 rings (SSSR count). The highest BCUT2D eigenvalue weighted by molar-refractivity contribution is 5.83. The molecule has 1 heterocycles. The summed E-state index contributed by atoms with van der Waals surface area (Å²) in [5.41, 5.74) is 2.47. The molecule has 2 aromatic rings. The Kier molecular flexibility index (Phi) is 5.07. The molecule has 26 heavy (non-hydrogen) atoms. The van der Waals surface area contributed by atoms with Gasteiger partial charge in [0.2, 0.25) is 5.91 Å². The average molecular weight is 348 g/mol. The van der Waals surface area contributed by atoms with Crippen LogP contribution in [0.25, 0.3) is 0 Å². The van der Waals surface area contributed by atoms with E-state index in [1.165, 1.54) is 18.5 Å². The van der Waals surface area contributed by atoms with Crippen molar-refractivity contribution in [3.63, 3.8) is 0 Å². The number of rotatable bonds is 5. The highest BCUT2D eigenvalue weighted by Gasteiger charge is 2.43. The summed E-state index contributed by atoms with van der Waals surface area (Å²) in [4.78, 5) is 15.3. The molecule has 0 unspecified atom stereocenters. The van der Waals surface area contributed by atoms with Gasteiger partial charge in [-0.15, -0.1) is 0 Å². The molecule has 1 N–H and O–H groups in total. The minimum absolute atomic E-state index is 0.0860. The van der Waals surface area contributed by atoms with Crippen LogP contribution >= 0.6 is 0 Å². The van der Waals surface area contributed by atoms with E-state index in [1.54, 1.807) is 0 Å². The van der Waals surface area contributed by atoms with Gasteiger partial charge in [-0.25, -0.2) is 0 Å². The minimum atomic E-state index is -0.0860. The first-order chi connectivity index (χ1) is 12.7. The van der Waals surface area contributed by atoms with Crippen molar-refractivity contribution in [1.82, 2.24) is 10.2 Å². The van der Waals surface area contributed by atoms with Crippen molar-refractivity contribution in [2.75, 3.05) is 13.1 Å². The zero-order chi connectivity index (χ0) is 17.9. The van der Waals surface area contributed by atoms with Gasteiger partial charge in [0, 0.05) is 25.7 Å². The zero-order valence-electron chi connectivity index (χ0n) is 15.5. The van der Waals surface area contributed by atoms with Crippen LogP contribution in [-0.4, -0.2) is 29.9 Å². The average Bonchev–Trinajstić information content (AvgIpc) is 3.24. The first-order valence-electron chi connectivity index (χ1n) is 9.82. The maximum Gasteiger partial charge on any atom is 0.227 e. The molecule has 1 saturated heterocycles. The Bertz CT molecular complexity index is 730. The van der Waals surface area contributed by atoms with E-state index in [9.17, 15) is 4.79 Å². The Hall–Kier alpha value is -2.13. The molecular weight excluding hydrogens is 320 g/mol. The van der Waals surface area contributed by atoms with Crippen LogP contribution in [0, 0.1) is 11.8 Å². The quantitative estimate of drug-likeness (QED) is 0.891. The Balaban J connectivity index is 1.35. The number of hydrogen-bond acceptors (Lipinski definition) is 2. The predicted octanol–water partition coefficient (Wildman–Crippen LogP) is 3.82. The van der Waals surface area contributed by atoms with Crippen LogP contribution in [0.3, 0.4) is 0 Å². The van der Waals surface area contributed by atoms with E-state index in [2.05, 4.69) is 40.5 Å². The van der Waals surface area contributed by atoms with Crippen molar-refractivity contribution in [1.29, 1.82) is 0 Å². The van der Waals surface area contributed by atoms with Crippen LogP contribution in [0.1, 0.15) is 36.8 Å². The SMILES string of the molecule is C[C@@H](C(=O)N[C@H]1CC[C@@H]2CN(Cc3ccccc3)C[C@@H]21)c1ccccc1. The number of likely N-dealkylation sites (tertiary alicyclic amines) is 1. The van der Waals surface area contributed by atoms with Crippen molar-refractivity contribution in [2.24, 2.45) is 11.8 Å². The largest absolute Gasteiger partial charge is 0.353 e. The molecule has 1 saturated carbocycles. The molecule has 2 fully saturated rings. The third-order valence-electron chi connectivity index (χ3n) is 6.20. The Morgan fingerprint density at radius 3 is 2.46 bits per heavy atom. The molecule has 136 valence electrons. The van der Waals surface area contributed by atoms with Gasteiger partial charge in [0.15, 0.2) is 0 Å². The first kappa shape index (κ1) is 17.3. The number of nitrogens with one attached hydrogen (secondary N) is 1. The third-order valence-corrected chi connectivity index (χ3v) is 6.20. The molecule has 3 nitrogen and oxygen atoms in total. The fourth-order valence-corrected chi connectivity index (χ4v) is 4.71. The lowest BCUT2D eigenvalue weighted by molar-refractivity contribution is -0.123. The lowest BCUT2D eigenvalue weighted by Crippen LogP contribution is -2.41. The second kappa shape index (κ2) is 7.63. The fraction of sp³-hybridized carbons (Fsp3) is 0.435.